The van der Waals surface area contributed by atoms with Crippen molar-refractivity contribution >= 4 is 6.03 Å². The molecule has 2 fully saturated rings. The van der Waals surface area contributed by atoms with Crippen molar-refractivity contribution in [3.63, 3.8) is 0 Å². The van der Waals surface area contributed by atoms with Crippen LogP contribution in [-0.4, -0.2) is 54.4 Å². The highest BCUT2D eigenvalue weighted by molar-refractivity contribution is 5.74. The van der Waals surface area contributed by atoms with Crippen molar-refractivity contribution in [2.24, 2.45) is 0 Å². The number of hydrogen-bond donors (Lipinski definition) is 3. The number of amides is 2. The van der Waals surface area contributed by atoms with Crippen molar-refractivity contribution in [2.45, 2.75) is 63.5 Å². The number of likely N-dealkylation sites (tertiary alicyclic amines) is 1. The Morgan fingerprint density at radius 3 is 2.50 bits per heavy atom. The van der Waals surface area contributed by atoms with E-state index in [0.29, 0.717) is 0 Å². The molecule has 2 aliphatic rings. The number of nitrogens with one attached hydrogen (secondary N) is 2. The highest BCUT2D eigenvalue weighted by Crippen LogP contribution is 2.18. The molecule has 0 atom stereocenters. The summed E-state index contributed by atoms with van der Waals surface area (Å²) in [4.78, 5) is 14.2. The molecule has 1 aliphatic carbocycles. The lowest BCUT2D eigenvalue weighted by Crippen LogP contribution is -2.44. The Bertz CT molecular complexity index is 285. The van der Waals surface area contributed by atoms with Crippen LogP contribution in [0.5, 0.6) is 0 Å². The van der Waals surface area contributed by atoms with Gasteiger partial charge in [0.05, 0.1) is 6.10 Å². The zero-order chi connectivity index (χ0) is 14.2. The number of nitrogens with zero attached hydrogens (tertiary/aromatic N) is 1. The number of urea groups is 1. The molecule has 0 unspecified atom stereocenters. The Hall–Kier alpha value is -0.810. The SMILES string of the molecule is O=C(NCCCCN1CCCC1)NC1CCC(O)CC1. The van der Waals surface area contributed by atoms with E-state index in [1.165, 1.54) is 32.5 Å². The number of carbonyl (C=O) groups is 1. The third-order valence-electron chi connectivity index (χ3n) is 4.42. The predicted octanol–water partition coefficient (Wildman–Crippen LogP) is 1.47. The third-order valence-corrected chi connectivity index (χ3v) is 4.42. The Morgan fingerprint density at radius 2 is 1.80 bits per heavy atom. The number of carbonyl (C=O) groups excluding carboxylic acids is 1. The summed E-state index contributed by atoms with van der Waals surface area (Å²) in [5.74, 6) is 0. The van der Waals surface area contributed by atoms with Gasteiger partial charge in [-0.05, 0) is 71.0 Å². The Labute approximate surface area is 122 Å². The second-order valence-electron chi connectivity index (χ2n) is 6.16. The average molecular weight is 283 g/mol. The highest BCUT2D eigenvalue weighted by atomic mass is 16.3. The maximum atomic E-state index is 11.7. The zero-order valence-corrected chi connectivity index (χ0v) is 12.4. The molecule has 0 spiro atoms. The van der Waals surface area contributed by atoms with Gasteiger partial charge in [-0.3, -0.25) is 0 Å². The molecule has 3 N–H and O–H groups in total. The molecule has 0 aromatic carbocycles. The molecule has 5 nitrogen and oxygen atoms in total. The second-order valence-corrected chi connectivity index (χ2v) is 6.16. The number of aliphatic hydroxyl groups excluding tert-OH is 1. The van der Waals surface area contributed by atoms with Crippen molar-refractivity contribution in [1.82, 2.24) is 15.5 Å². The monoisotopic (exact) mass is 283 g/mol. The lowest BCUT2D eigenvalue weighted by Gasteiger charge is -2.26. The molecule has 1 aliphatic heterocycles. The van der Waals surface area contributed by atoms with Gasteiger partial charge in [0.1, 0.15) is 0 Å². The molecule has 1 saturated heterocycles. The fraction of sp³-hybridized carbons (Fsp3) is 0.933. The molecule has 2 rings (SSSR count). The Kier molecular flexibility index (Phi) is 6.60. The van der Waals surface area contributed by atoms with Gasteiger partial charge in [0.2, 0.25) is 0 Å². The maximum absolute atomic E-state index is 11.7. The van der Waals surface area contributed by atoms with Gasteiger partial charge in [-0.1, -0.05) is 0 Å². The van der Waals surface area contributed by atoms with Gasteiger partial charge in [0.25, 0.3) is 0 Å². The molecule has 1 heterocycles. The standard InChI is InChI=1S/C15H29N3O2/c19-14-7-5-13(6-8-14)17-15(20)16-9-1-2-10-18-11-3-4-12-18/h13-14,19H,1-12H2,(H2,16,17,20). The number of hydrogen-bond acceptors (Lipinski definition) is 3. The first-order chi connectivity index (χ1) is 9.74. The molecule has 116 valence electrons. The summed E-state index contributed by atoms with van der Waals surface area (Å²) in [6.45, 7) is 4.43. The van der Waals surface area contributed by atoms with Crippen LogP contribution in [0.2, 0.25) is 0 Å². The van der Waals surface area contributed by atoms with E-state index in [4.69, 9.17) is 0 Å². The zero-order valence-electron chi connectivity index (χ0n) is 12.4. The first-order valence-electron chi connectivity index (χ1n) is 8.19. The topological polar surface area (TPSA) is 64.6 Å². The minimum Gasteiger partial charge on any atom is -0.393 e. The summed E-state index contributed by atoms with van der Waals surface area (Å²) in [5.41, 5.74) is 0. The summed E-state index contributed by atoms with van der Waals surface area (Å²) in [7, 11) is 0. The molecule has 2 amide bonds. The van der Waals surface area contributed by atoms with Gasteiger partial charge in [-0.15, -0.1) is 0 Å². The van der Waals surface area contributed by atoms with E-state index < -0.39 is 0 Å². The van der Waals surface area contributed by atoms with Gasteiger partial charge in [0, 0.05) is 12.6 Å². The van der Waals surface area contributed by atoms with E-state index in [2.05, 4.69) is 15.5 Å². The smallest absolute Gasteiger partial charge is 0.315 e. The molecule has 0 bridgehead atoms. The molecular formula is C15H29N3O2. The van der Waals surface area contributed by atoms with Crippen LogP contribution in [0.1, 0.15) is 51.4 Å². The van der Waals surface area contributed by atoms with Crippen LogP contribution in [0.15, 0.2) is 0 Å². The van der Waals surface area contributed by atoms with Gasteiger partial charge < -0.3 is 20.6 Å². The van der Waals surface area contributed by atoms with E-state index in [0.717, 1.165) is 45.1 Å². The van der Waals surface area contributed by atoms with Gasteiger partial charge in [-0.25, -0.2) is 4.79 Å². The van der Waals surface area contributed by atoms with Crippen molar-refractivity contribution in [2.75, 3.05) is 26.2 Å². The number of unbranched alkanes of at least 4 members (excludes halogenated alkanes) is 1. The molecule has 0 aromatic heterocycles. The minimum absolute atomic E-state index is 0.0486. The second kappa shape index (κ2) is 8.47. The molecule has 0 radical (unpaired) electrons. The van der Waals surface area contributed by atoms with Gasteiger partial charge >= 0.3 is 6.03 Å². The lowest BCUT2D eigenvalue weighted by molar-refractivity contribution is 0.117. The first-order valence-corrected chi connectivity index (χ1v) is 8.19. The summed E-state index contributed by atoms with van der Waals surface area (Å²) < 4.78 is 0. The Balaban J connectivity index is 1.45. The van der Waals surface area contributed by atoms with Crippen LogP contribution in [0.25, 0.3) is 0 Å². The summed E-state index contributed by atoms with van der Waals surface area (Å²) >= 11 is 0. The summed E-state index contributed by atoms with van der Waals surface area (Å²) in [6, 6.07) is 0.190. The lowest BCUT2D eigenvalue weighted by atomic mass is 9.93. The third kappa shape index (κ3) is 5.67. The molecule has 1 saturated carbocycles. The van der Waals surface area contributed by atoms with E-state index >= 15 is 0 Å². The molecule has 20 heavy (non-hydrogen) atoms. The van der Waals surface area contributed by atoms with Crippen molar-refractivity contribution in [3.8, 4) is 0 Å². The number of aliphatic hydroxyl groups is 1. The van der Waals surface area contributed by atoms with Crippen molar-refractivity contribution in [3.05, 3.63) is 0 Å². The van der Waals surface area contributed by atoms with Crippen LogP contribution < -0.4 is 10.6 Å². The maximum Gasteiger partial charge on any atom is 0.315 e. The average Bonchev–Trinajstić information content (AvgIpc) is 2.94. The molecular weight excluding hydrogens is 254 g/mol. The van der Waals surface area contributed by atoms with E-state index in [1.807, 2.05) is 0 Å². The highest BCUT2D eigenvalue weighted by Gasteiger charge is 2.20. The predicted molar refractivity (Wildman–Crippen MR) is 79.7 cm³/mol. The van der Waals surface area contributed by atoms with Crippen LogP contribution in [0.3, 0.4) is 0 Å². The largest absolute Gasteiger partial charge is 0.393 e. The number of rotatable bonds is 6. The van der Waals surface area contributed by atoms with Crippen LogP contribution in [-0.2, 0) is 0 Å². The van der Waals surface area contributed by atoms with Gasteiger partial charge in [0.15, 0.2) is 0 Å². The van der Waals surface area contributed by atoms with Crippen molar-refractivity contribution < 1.29 is 9.90 Å². The van der Waals surface area contributed by atoms with Crippen molar-refractivity contribution in [1.29, 1.82) is 0 Å². The quantitative estimate of drug-likeness (QED) is 0.647. The van der Waals surface area contributed by atoms with E-state index in [1.54, 1.807) is 0 Å². The van der Waals surface area contributed by atoms with Crippen LogP contribution >= 0.6 is 0 Å². The fourth-order valence-electron chi connectivity index (χ4n) is 3.13. The van der Waals surface area contributed by atoms with E-state index in [9.17, 15) is 9.90 Å². The van der Waals surface area contributed by atoms with E-state index in [-0.39, 0.29) is 18.2 Å². The molecule has 5 heteroatoms. The minimum atomic E-state index is -0.165. The first kappa shape index (κ1) is 15.6. The summed E-state index contributed by atoms with van der Waals surface area (Å²) in [5, 5.41) is 15.4. The van der Waals surface area contributed by atoms with Crippen LogP contribution in [0, 0.1) is 0 Å². The normalized spacial score (nSPS) is 27.4. The fourth-order valence-corrected chi connectivity index (χ4v) is 3.13. The van der Waals surface area contributed by atoms with Crippen LogP contribution in [0.4, 0.5) is 4.79 Å². The molecule has 0 aromatic rings. The summed E-state index contributed by atoms with van der Waals surface area (Å²) in [6.07, 6.45) is 8.13. The van der Waals surface area contributed by atoms with Gasteiger partial charge in [-0.2, -0.15) is 0 Å². The Morgan fingerprint density at radius 1 is 1.10 bits per heavy atom.